The molecule has 0 aliphatic carbocycles. The predicted molar refractivity (Wildman–Crippen MR) is 119 cm³/mol. The zero-order valence-electron chi connectivity index (χ0n) is 16.6. The maximum absolute atomic E-state index is 13.1. The molecule has 1 atom stereocenters. The second-order valence-corrected chi connectivity index (χ2v) is 8.78. The van der Waals surface area contributed by atoms with Crippen LogP contribution in [-0.4, -0.2) is 42.1 Å². The molecule has 4 aromatic heterocycles. The highest BCUT2D eigenvalue weighted by Crippen LogP contribution is 2.35. The van der Waals surface area contributed by atoms with Gasteiger partial charge in [0, 0.05) is 31.4 Å². The van der Waals surface area contributed by atoms with E-state index in [1.165, 1.54) is 11.8 Å². The summed E-state index contributed by atoms with van der Waals surface area (Å²) in [5.74, 6) is 1.52. The van der Waals surface area contributed by atoms with Crippen molar-refractivity contribution in [3.05, 3.63) is 71.1 Å². The average molecular weight is 451 g/mol. The Morgan fingerprint density at radius 1 is 1.26 bits per heavy atom. The molecule has 0 aromatic carbocycles. The molecular weight excluding hydrogens is 432 g/mol. The lowest BCUT2D eigenvalue weighted by molar-refractivity contribution is -0.130. The Morgan fingerprint density at radius 2 is 2.19 bits per heavy atom. The third-order valence-electron chi connectivity index (χ3n) is 4.92. The van der Waals surface area contributed by atoms with E-state index in [0.717, 1.165) is 21.9 Å². The Balaban J connectivity index is 1.34. The smallest absolute Gasteiger partial charge is 0.253 e. The van der Waals surface area contributed by atoms with Crippen molar-refractivity contribution in [1.29, 1.82) is 0 Å². The molecule has 0 fully saturated rings. The Labute approximate surface area is 186 Å². The first-order valence-corrected chi connectivity index (χ1v) is 11.5. The first kappa shape index (κ1) is 19.7. The van der Waals surface area contributed by atoms with E-state index in [1.807, 2.05) is 53.4 Å². The van der Waals surface area contributed by atoms with Crippen molar-refractivity contribution < 1.29 is 9.21 Å². The number of thiophene rings is 1. The Bertz CT molecular complexity index is 1200. The van der Waals surface area contributed by atoms with Gasteiger partial charge in [0.15, 0.2) is 11.0 Å². The summed E-state index contributed by atoms with van der Waals surface area (Å²) in [6.45, 7) is 0. The summed E-state index contributed by atoms with van der Waals surface area (Å²) >= 11 is 2.95. The van der Waals surface area contributed by atoms with Crippen LogP contribution in [0, 0.1) is 0 Å². The lowest BCUT2D eigenvalue weighted by Crippen LogP contribution is -2.28. The molecule has 1 unspecified atom stereocenters. The van der Waals surface area contributed by atoms with E-state index in [9.17, 15) is 4.79 Å². The highest BCUT2D eigenvalue weighted by atomic mass is 32.2. The number of furan rings is 1. The van der Waals surface area contributed by atoms with E-state index in [2.05, 4.69) is 20.3 Å². The van der Waals surface area contributed by atoms with E-state index in [0.29, 0.717) is 17.4 Å². The fourth-order valence-corrected chi connectivity index (χ4v) is 4.90. The molecule has 1 amide bonds. The van der Waals surface area contributed by atoms with E-state index in [4.69, 9.17) is 4.42 Å². The lowest BCUT2D eigenvalue weighted by Gasteiger charge is -2.19. The molecule has 0 spiro atoms. The van der Waals surface area contributed by atoms with E-state index in [1.54, 1.807) is 35.0 Å². The topological polar surface area (TPSA) is 89.4 Å². The number of thioether (sulfide) groups is 1. The normalized spacial score (nSPS) is 16.0. The number of aromatic nitrogens is 4. The molecule has 8 nitrogen and oxygen atoms in total. The maximum Gasteiger partial charge on any atom is 0.253 e. The Morgan fingerprint density at radius 3 is 2.94 bits per heavy atom. The number of rotatable bonds is 6. The van der Waals surface area contributed by atoms with Crippen LogP contribution in [-0.2, 0) is 11.8 Å². The summed E-state index contributed by atoms with van der Waals surface area (Å²) in [6, 6.07) is 11.2. The van der Waals surface area contributed by atoms with Crippen molar-refractivity contribution in [2.24, 2.45) is 12.1 Å². The average Bonchev–Trinajstić information content (AvgIpc) is 3.59. The minimum Gasteiger partial charge on any atom is -0.467 e. The van der Waals surface area contributed by atoms with Gasteiger partial charge in [-0.25, -0.2) is 5.01 Å². The molecule has 5 heterocycles. The molecule has 156 valence electrons. The summed E-state index contributed by atoms with van der Waals surface area (Å²) in [7, 11) is 1.88. The first-order chi connectivity index (χ1) is 15.2. The summed E-state index contributed by atoms with van der Waals surface area (Å²) in [4.78, 5) is 18.3. The van der Waals surface area contributed by atoms with Crippen molar-refractivity contribution >= 4 is 34.7 Å². The highest BCUT2D eigenvalue weighted by molar-refractivity contribution is 7.99. The third kappa shape index (κ3) is 3.91. The number of carbonyl (C=O) groups excluding carboxylic acids is 1. The van der Waals surface area contributed by atoms with Crippen LogP contribution in [0.1, 0.15) is 23.1 Å². The van der Waals surface area contributed by atoms with Gasteiger partial charge in [-0.05, 0) is 35.7 Å². The second kappa shape index (κ2) is 8.48. The summed E-state index contributed by atoms with van der Waals surface area (Å²) in [5, 5.41) is 17.3. The summed E-state index contributed by atoms with van der Waals surface area (Å²) < 4.78 is 7.46. The van der Waals surface area contributed by atoms with Crippen LogP contribution in [0.4, 0.5) is 0 Å². The SMILES string of the molecule is Cn1c(SCC(=O)N2N=C(c3cccs3)CC2c2ccco2)nnc1-c1cccnc1. The van der Waals surface area contributed by atoms with Gasteiger partial charge in [-0.2, -0.15) is 5.10 Å². The minimum absolute atomic E-state index is 0.108. The van der Waals surface area contributed by atoms with Gasteiger partial charge in [0.1, 0.15) is 11.8 Å². The fraction of sp³-hybridized carbons (Fsp3) is 0.190. The largest absolute Gasteiger partial charge is 0.467 e. The molecule has 0 bridgehead atoms. The number of hydrazone groups is 1. The number of pyridine rings is 1. The molecule has 0 saturated carbocycles. The number of carbonyl (C=O) groups is 1. The van der Waals surface area contributed by atoms with Crippen LogP contribution in [0.3, 0.4) is 0 Å². The third-order valence-corrected chi connectivity index (χ3v) is 6.85. The van der Waals surface area contributed by atoms with Gasteiger partial charge in [-0.3, -0.25) is 9.78 Å². The van der Waals surface area contributed by atoms with Gasteiger partial charge < -0.3 is 8.98 Å². The molecule has 4 aromatic rings. The molecule has 1 aliphatic rings. The van der Waals surface area contributed by atoms with E-state index < -0.39 is 0 Å². The number of hydrogen-bond acceptors (Lipinski definition) is 8. The van der Waals surface area contributed by atoms with Crippen LogP contribution in [0.25, 0.3) is 11.4 Å². The quantitative estimate of drug-likeness (QED) is 0.413. The van der Waals surface area contributed by atoms with Crippen molar-refractivity contribution in [3.8, 4) is 11.4 Å². The number of nitrogens with zero attached hydrogens (tertiary/aromatic N) is 6. The van der Waals surface area contributed by atoms with Gasteiger partial charge in [0.2, 0.25) is 0 Å². The van der Waals surface area contributed by atoms with Gasteiger partial charge >= 0.3 is 0 Å². The summed E-state index contributed by atoms with van der Waals surface area (Å²) in [5.41, 5.74) is 1.77. The van der Waals surface area contributed by atoms with Gasteiger partial charge in [-0.15, -0.1) is 21.5 Å². The molecule has 0 saturated heterocycles. The molecule has 1 aliphatic heterocycles. The van der Waals surface area contributed by atoms with Crippen LogP contribution in [0.2, 0.25) is 0 Å². The molecule has 5 rings (SSSR count). The predicted octanol–water partition coefficient (Wildman–Crippen LogP) is 4.00. The summed E-state index contributed by atoms with van der Waals surface area (Å²) in [6.07, 6.45) is 5.70. The van der Waals surface area contributed by atoms with Gasteiger partial charge in [0.25, 0.3) is 5.91 Å². The first-order valence-electron chi connectivity index (χ1n) is 9.60. The fourth-order valence-electron chi connectivity index (χ4n) is 3.41. The van der Waals surface area contributed by atoms with Crippen molar-refractivity contribution in [3.63, 3.8) is 0 Å². The zero-order valence-corrected chi connectivity index (χ0v) is 18.2. The molecule has 31 heavy (non-hydrogen) atoms. The van der Waals surface area contributed by atoms with Crippen LogP contribution in [0.5, 0.6) is 0 Å². The van der Waals surface area contributed by atoms with E-state index in [-0.39, 0.29) is 17.7 Å². The van der Waals surface area contributed by atoms with Crippen molar-refractivity contribution in [1.82, 2.24) is 24.8 Å². The van der Waals surface area contributed by atoms with E-state index >= 15 is 0 Å². The zero-order chi connectivity index (χ0) is 21.2. The van der Waals surface area contributed by atoms with Crippen LogP contribution >= 0.6 is 23.1 Å². The number of amides is 1. The standard InChI is InChI=1S/C21H18N6O2S2/c1-26-20(14-5-2-8-22-12-14)23-24-21(26)31-13-19(28)27-16(17-6-3-9-29-17)11-15(25-27)18-7-4-10-30-18/h2-10,12,16H,11,13H2,1H3. The maximum atomic E-state index is 13.1. The molecular formula is C21H18N6O2S2. The highest BCUT2D eigenvalue weighted by Gasteiger charge is 2.35. The molecule has 10 heteroatoms. The second-order valence-electron chi connectivity index (χ2n) is 6.89. The van der Waals surface area contributed by atoms with Crippen LogP contribution < -0.4 is 0 Å². The molecule has 0 radical (unpaired) electrons. The lowest BCUT2D eigenvalue weighted by atomic mass is 10.1. The Hall–Kier alpha value is -3.24. The monoisotopic (exact) mass is 450 g/mol. The van der Waals surface area contributed by atoms with Crippen molar-refractivity contribution in [2.75, 3.05) is 5.75 Å². The number of hydrogen-bond donors (Lipinski definition) is 0. The van der Waals surface area contributed by atoms with Crippen molar-refractivity contribution in [2.45, 2.75) is 17.6 Å². The minimum atomic E-state index is -0.245. The van der Waals surface area contributed by atoms with Crippen LogP contribution in [0.15, 0.2) is 75.1 Å². The van der Waals surface area contributed by atoms with Gasteiger partial charge in [-0.1, -0.05) is 17.8 Å². The van der Waals surface area contributed by atoms with Gasteiger partial charge in [0.05, 0.1) is 22.6 Å². The molecule has 0 N–H and O–H groups in total. The Kier molecular flexibility index (Phi) is 5.39.